The van der Waals surface area contributed by atoms with Gasteiger partial charge in [-0.3, -0.25) is 9.59 Å². The van der Waals surface area contributed by atoms with Gasteiger partial charge in [-0.15, -0.1) is 0 Å². The van der Waals surface area contributed by atoms with Crippen molar-refractivity contribution in [3.8, 4) is 0 Å². The van der Waals surface area contributed by atoms with Gasteiger partial charge in [-0.25, -0.2) is 0 Å². The molecule has 0 aromatic rings. The maximum Gasteiger partial charge on any atom is 0.303 e. The highest BCUT2D eigenvalue weighted by atomic mass is 16.6. The summed E-state index contributed by atoms with van der Waals surface area (Å²) in [5.41, 5.74) is 0.554. The molecule has 2 fully saturated rings. The third-order valence-corrected chi connectivity index (χ3v) is 6.92. The molecule has 0 bridgehead atoms. The van der Waals surface area contributed by atoms with Gasteiger partial charge in [-0.05, 0) is 57.9 Å². The Morgan fingerprint density at radius 3 is 2.50 bits per heavy atom. The zero-order valence-corrected chi connectivity index (χ0v) is 23.0. The Morgan fingerprint density at radius 2 is 1.86 bits per heavy atom. The van der Waals surface area contributed by atoms with E-state index in [4.69, 9.17) is 14.2 Å². The molecular weight excluding hydrogens is 462 g/mol. The van der Waals surface area contributed by atoms with E-state index in [2.05, 4.69) is 18.3 Å². The number of ether oxygens (including phenoxy) is 3. The van der Waals surface area contributed by atoms with Crippen LogP contribution in [0.4, 0.5) is 0 Å². The van der Waals surface area contributed by atoms with E-state index in [1.807, 2.05) is 33.8 Å². The lowest BCUT2D eigenvalue weighted by Gasteiger charge is -2.46. The maximum atomic E-state index is 12.3. The first-order valence-electron chi connectivity index (χ1n) is 12.8. The molecule has 8 unspecified atom stereocenters. The van der Waals surface area contributed by atoms with Crippen molar-refractivity contribution in [3.05, 3.63) is 36.0 Å². The van der Waals surface area contributed by atoms with E-state index < -0.39 is 35.5 Å². The molecule has 1 amide bonds. The second kappa shape index (κ2) is 12.5. The van der Waals surface area contributed by atoms with Crippen molar-refractivity contribution in [2.45, 2.75) is 117 Å². The minimum absolute atomic E-state index is 0.0206. The fraction of sp³-hybridized carbons (Fsp3) is 0.714. The molecule has 3 N–H and O–H groups in total. The Bertz CT molecular complexity index is 860. The van der Waals surface area contributed by atoms with Crippen LogP contribution in [0.15, 0.2) is 36.0 Å². The van der Waals surface area contributed by atoms with Crippen LogP contribution in [-0.4, -0.2) is 64.4 Å². The molecule has 8 nitrogen and oxygen atoms in total. The molecule has 0 spiro atoms. The van der Waals surface area contributed by atoms with Crippen molar-refractivity contribution in [3.63, 3.8) is 0 Å². The number of allylic oxidation sites excluding steroid dienone is 2. The third-order valence-electron chi connectivity index (χ3n) is 6.92. The molecule has 0 aliphatic carbocycles. The average Bonchev–Trinajstić information content (AvgIpc) is 2.74. The number of esters is 1. The summed E-state index contributed by atoms with van der Waals surface area (Å²) in [7, 11) is 0. The molecule has 2 heterocycles. The minimum atomic E-state index is -1.28. The predicted octanol–water partition coefficient (Wildman–Crippen LogP) is 3.57. The van der Waals surface area contributed by atoms with E-state index in [1.165, 1.54) is 13.0 Å². The zero-order chi connectivity index (χ0) is 27.3. The summed E-state index contributed by atoms with van der Waals surface area (Å²) in [5, 5.41) is 24.0. The Labute approximate surface area is 215 Å². The molecule has 0 radical (unpaired) electrons. The Balaban J connectivity index is 1.89. The predicted molar refractivity (Wildman–Crippen MR) is 138 cm³/mol. The van der Waals surface area contributed by atoms with Crippen molar-refractivity contribution in [2.24, 2.45) is 11.3 Å². The zero-order valence-electron chi connectivity index (χ0n) is 23.0. The van der Waals surface area contributed by atoms with Gasteiger partial charge in [-0.2, -0.15) is 0 Å². The first kappa shape index (κ1) is 30.2. The second-order valence-corrected chi connectivity index (χ2v) is 11.3. The topological polar surface area (TPSA) is 114 Å². The molecular formula is C28H45NO7. The normalized spacial score (nSPS) is 36.1. The van der Waals surface area contributed by atoms with Crippen molar-refractivity contribution in [1.29, 1.82) is 0 Å². The van der Waals surface area contributed by atoms with E-state index in [-0.39, 0.29) is 30.1 Å². The standard InChI is InChI=1S/C28H45NO7/c1-17(10-13-24-26(32)27(6,7)16-28(8,33)36-24)9-12-23-18(2)15-22(20(4)35-23)29-25(31)14-11-19(3)34-21(5)30/h9-11,13-14,18-20,22-24,26,32-33H,12,15-16H2,1-8H3,(H,29,31). The molecule has 8 atom stereocenters. The van der Waals surface area contributed by atoms with E-state index in [0.29, 0.717) is 6.42 Å². The highest BCUT2D eigenvalue weighted by molar-refractivity contribution is 5.87. The molecule has 0 saturated carbocycles. The number of nitrogens with one attached hydrogen (secondary N) is 1. The van der Waals surface area contributed by atoms with Crippen LogP contribution in [-0.2, 0) is 23.8 Å². The summed E-state index contributed by atoms with van der Waals surface area (Å²) in [6.45, 7) is 14.6. The number of rotatable bonds is 8. The summed E-state index contributed by atoms with van der Waals surface area (Å²) in [5.74, 6) is -1.67. The lowest BCUT2D eigenvalue weighted by molar-refractivity contribution is -0.286. The number of carbonyl (C=O) groups excluding carboxylic acids is 2. The number of hydrogen-bond donors (Lipinski definition) is 3. The van der Waals surface area contributed by atoms with Gasteiger partial charge in [0.15, 0.2) is 5.79 Å². The molecule has 2 aliphatic rings. The van der Waals surface area contributed by atoms with Crippen molar-refractivity contribution in [1.82, 2.24) is 5.32 Å². The molecule has 2 aliphatic heterocycles. The lowest BCUT2D eigenvalue weighted by atomic mass is 9.75. The van der Waals surface area contributed by atoms with Gasteiger partial charge in [-0.1, -0.05) is 44.6 Å². The van der Waals surface area contributed by atoms with Crippen molar-refractivity contribution < 1.29 is 34.0 Å². The molecule has 204 valence electrons. The fourth-order valence-electron chi connectivity index (χ4n) is 5.02. The number of carbonyl (C=O) groups is 2. The molecule has 36 heavy (non-hydrogen) atoms. The van der Waals surface area contributed by atoms with E-state index >= 15 is 0 Å². The van der Waals surface area contributed by atoms with Crippen LogP contribution >= 0.6 is 0 Å². The maximum absolute atomic E-state index is 12.3. The van der Waals surface area contributed by atoms with Crippen LogP contribution in [0.2, 0.25) is 0 Å². The van der Waals surface area contributed by atoms with Gasteiger partial charge in [0.25, 0.3) is 0 Å². The Kier molecular flexibility index (Phi) is 10.5. The van der Waals surface area contributed by atoms with Crippen LogP contribution < -0.4 is 5.32 Å². The summed E-state index contributed by atoms with van der Waals surface area (Å²) in [4.78, 5) is 23.3. The number of amides is 1. The van der Waals surface area contributed by atoms with Gasteiger partial charge in [0, 0.05) is 19.4 Å². The first-order chi connectivity index (χ1) is 16.6. The average molecular weight is 508 g/mol. The number of aliphatic hydroxyl groups is 2. The van der Waals surface area contributed by atoms with Crippen molar-refractivity contribution >= 4 is 11.9 Å². The molecule has 2 rings (SSSR count). The minimum Gasteiger partial charge on any atom is -0.459 e. The van der Waals surface area contributed by atoms with Gasteiger partial charge in [0.1, 0.15) is 12.2 Å². The number of hydrogen-bond acceptors (Lipinski definition) is 7. The van der Waals surface area contributed by atoms with Crippen LogP contribution in [0.5, 0.6) is 0 Å². The molecule has 0 aromatic heterocycles. The van der Waals surface area contributed by atoms with E-state index in [0.717, 1.165) is 18.4 Å². The molecule has 8 heteroatoms. The summed E-state index contributed by atoms with van der Waals surface area (Å²) in [6, 6.07) is -0.108. The SMILES string of the molecule is CC(=O)OC(C)C=CC(=O)NC1CC(C)C(CC=C(C)C=CC2OC(C)(O)CC(C)(C)C2O)OC1C. The van der Waals surface area contributed by atoms with E-state index in [1.54, 1.807) is 26.0 Å². The highest BCUT2D eigenvalue weighted by Gasteiger charge is 2.46. The van der Waals surface area contributed by atoms with Crippen LogP contribution in [0, 0.1) is 11.3 Å². The van der Waals surface area contributed by atoms with Crippen LogP contribution in [0.3, 0.4) is 0 Å². The van der Waals surface area contributed by atoms with Crippen LogP contribution in [0.25, 0.3) is 0 Å². The number of aliphatic hydroxyl groups excluding tert-OH is 1. The fourth-order valence-corrected chi connectivity index (χ4v) is 5.02. The Hall–Kier alpha value is -2.00. The Morgan fingerprint density at radius 1 is 1.19 bits per heavy atom. The second-order valence-electron chi connectivity index (χ2n) is 11.3. The molecule has 2 saturated heterocycles. The van der Waals surface area contributed by atoms with Gasteiger partial charge >= 0.3 is 5.97 Å². The van der Waals surface area contributed by atoms with Gasteiger partial charge in [0.2, 0.25) is 5.91 Å². The van der Waals surface area contributed by atoms with Crippen molar-refractivity contribution in [2.75, 3.05) is 0 Å². The quantitative estimate of drug-likeness (QED) is 0.261. The summed E-state index contributed by atoms with van der Waals surface area (Å²) < 4.78 is 16.9. The third kappa shape index (κ3) is 9.14. The largest absolute Gasteiger partial charge is 0.459 e. The lowest BCUT2D eigenvalue weighted by Crippen LogP contribution is -2.54. The first-order valence-corrected chi connectivity index (χ1v) is 12.8. The summed E-state index contributed by atoms with van der Waals surface area (Å²) >= 11 is 0. The van der Waals surface area contributed by atoms with E-state index in [9.17, 15) is 19.8 Å². The highest BCUT2D eigenvalue weighted by Crippen LogP contribution is 2.40. The summed E-state index contributed by atoms with van der Waals surface area (Å²) in [6.07, 6.45) is 8.75. The van der Waals surface area contributed by atoms with Gasteiger partial charge in [0.05, 0.1) is 24.4 Å². The smallest absolute Gasteiger partial charge is 0.303 e. The van der Waals surface area contributed by atoms with Gasteiger partial charge < -0.3 is 29.7 Å². The molecule has 0 aromatic carbocycles. The monoisotopic (exact) mass is 507 g/mol. The van der Waals surface area contributed by atoms with Crippen LogP contribution in [0.1, 0.15) is 74.7 Å².